The van der Waals surface area contributed by atoms with E-state index in [0.29, 0.717) is 10.9 Å². The molecule has 0 unspecified atom stereocenters. The lowest BCUT2D eigenvalue weighted by molar-refractivity contribution is -0.119. The van der Waals surface area contributed by atoms with Gasteiger partial charge in [0, 0.05) is 11.4 Å². The molecule has 23 heavy (non-hydrogen) atoms. The van der Waals surface area contributed by atoms with Crippen molar-refractivity contribution < 1.29 is 4.79 Å². The van der Waals surface area contributed by atoms with Crippen molar-refractivity contribution in [3.63, 3.8) is 0 Å². The molecule has 0 saturated heterocycles. The van der Waals surface area contributed by atoms with Gasteiger partial charge in [-0.1, -0.05) is 42.5 Å². The van der Waals surface area contributed by atoms with E-state index in [1.165, 1.54) is 5.56 Å². The van der Waals surface area contributed by atoms with Crippen molar-refractivity contribution in [1.82, 2.24) is 10.9 Å². The molecule has 3 N–H and O–H groups in total. The number of thiocarbonyl (C=S) groups is 1. The lowest BCUT2D eigenvalue weighted by atomic mass is 10.2. The topological polar surface area (TPSA) is 53.2 Å². The van der Waals surface area contributed by atoms with Crippen molar-refractivity contribution in [2.45, 2.75) is 12.7 Å². The fourth-order valence-corrected chi connectivity index (χ4v) is 2.84. The van der Waals surface area contributed by atoms with E-state index in [9.17, 15) is 4.79 Å². The molecular formula is C17H19N3OS2. The molecule has 0 bridgehead atoms. The van der Waals surface area contributed by atoms with E-state index in [1.807, 2.05) is 61.5 Å². The lowest BCUT2D eigenvalue weighted by Crippen LogP contribution is -2.44. The number of benzene rings is 2. The van der Waals surface area contributed by atoms with Crippen molar-refractivity contribution in [2.75, 3.05) is 11.1 Å². The van der Waals surface area contributed by atoms with Gasteiger partial charge in [0.05, 0.1) is 5.75 Å². The minimum atomic E-state index is -0.112. The number of carbonyl (C=O) groups is 1. The Morgan fingerprint density at radius 3 is 2.61 bits per heavy atom. The van der Waals surface area contributed by atoms with E-state index < -0.39 is 0 Å². The Hall–Kier alpha value is -2.05. The summed E-state index contributed by atoms with van der Waals surface area (Å²) in [4.78, 5) is 11.8. The summed E-state index contributed by atoms with van der Waals surface area (Å²) < 4.78 is 0. The second-order valence-corrected chi connectivity index (χ2v) is 6.37. The zero-order valence-electron chi connectivity index (χ0n) is 12.8. The number of rotatable bonds is 5. The largest absolute Gasteiger partial charge is 0.331 e. The molecule has 2 aromatic rings. The Bertz CT molecular complexity index is 662. The number of hydrogen-bond donors (Lipinski definition) is 3. The number of nitrogens with one attached hydrogen (secondary N) is 3. The third kappa shape index (κ3) is 6.71. The molecule has 0 radical (unpaired) electrons. The summed E-state index contributed by atoms with van der Waals surface area (Å²) in [7, 11) is 0. The van der Waals surface area contributed by atoms with E-state index in [0.717, 1.165) is 17.0 Å². The maximum Gasteiger partial charge on any atom is 0.248 e. The van der Waals surface area contributed by atoms with Gasteiger partial charge in [0.1, 0.15) is 0 Å². The van der Waals surface area contributed by atoms with Crippen LogP contribution in [-0.2, 0) is 10.5 Å². The van der Waals surface area contributed by atoms with E-state index in [-0.39, 0.29) is 5.91 Å². The summed E-state index contributed by atoms with van der Waals surface area (Å²) in [6, 6.07) is 17.9. The maximum atomic E-state index is 11.8. The van der Waals surface area contributed by atoms with Gasteiger partial charge in [-0.25, -0.2) is 0 Å². The lowest BCUT2D eigenvalue weighted by Gasteiger charge is -2.12. The Morgan fingerprint density at radius 2 is 1.87 bits per heavy atom. The first-order valence-electron chi connectivity index (χ1n) is 7.17. The summed E-state index contributed by atoms with van der Waals surface area (Å²) >= 11 is 6.70. The average Bonchev–Trinajstić information content (AvgIpc) is 2.54. The third-order valence-electron chi connectivity index (χ3n) is 2.94. The molecule has 0 fully saturated rings. The number of hydrazine groups is 1. The Balaban J connectivity index is 1.65. The summed E-state index contributed by atoms with van der Waals surface area (Å²) in [5, 5.41) is 3.38. The van der Waals surface area contributed by atoms with Crippen molar-refractivity contribution in [3.05, 3.63) is 65.7 Å². The van der Waals surface area contributed by atoms with Crippen LogP contribution in [0.4, 0.5) is 5.69 Å². The predicted octanol–water partition coefficient (Wildman–Crippen LogP) is 3.25. The van der Waals surface area contributed by atoms with Gasteiger partial charge in [-0.3, -0.25) is 15.6 Å². The highest BCUT2D eigenvalue weighted by Crippen LogP contribution is 2.11. The van der Waals surface area contributed by atoms with Crippen LogP contribution in [0.15, 0.2) is 54.6 Å². The molecule has 120 valence electrons. The van der Waals surface area contributed by atoms with E-state index in [2.05, 4.69) is 16.2 Å². The smallest absolute Gasteiger partial charge is 0.248 e. The minimum Gasteiger partial charge on any atom is -0.331 e. The number of hydrogen-bond acceptors (Lipinski definition) is 3. The zero-order valence-corrected chi connectivity index (χ0v) is 14.5. The molecule has 0 atom stereocenters. The SMILES string of the molecule is Cc1cccc(NC(=S)NNC(=O)CSCc2ccccc2)c1. The Morgan fingerprint density at radius 1 is 1.09 bits per heavy atom. The van der Waals surface area contributed by atoms with E-state index >= 15 is 0 Å². The molecule has 4 nitrogen and oxygen atoms in total. The fraction of sp³-hybridized carbons (Fsp3) is 0.176. The molecule has 0 aliphatic rings. The van der Waals surface area contributed by atoms with Gasteiger partial charge in [-0.2, -0.15) is 0 Å². The van der Waals surface area contributed by atoms with Crippen molar-refractivity contribution >= 4 is 40.7 Å². The van der Waals surface area contributed by atoms with Crippen molar-refractivity contribution in [1.29, 1.82) is 0 Å². The first-order chi connectivity index (χ1) is 11.1. The second-order valence-electron chi connectivity index (χ2n) is 4.98. The summed E-state index contributed by atoms with van der Waals surface area (Å²) in [5.74, 6) is 1.06. The highest BCUT2D eigenvalue weighted by atomic mass is 32.2. The number of aryl methyl sites for hydroxylation is 1. The number of anilines is 1. The minimum absolute atomic E-state index is 0.112. The van der Waals surface area contributed by atoms with Crippen LogP contribution in [0.2, 0.25) is 0 Å². The average molecular weight is 345 g/mol. The number of thioether (sulfide) groups is 1. The van der Waals surface area contributed by atoms with Gasteiger partial charge < -0.3 is 5.32 Å². The molecule has 0 heterocycles. The first kappa shape index (κ1) is 17.3. The van der Waals surface area contributed by atoms with Gasteiger partial charge in [0.2, 0.25) is 5.91 Å². The summed E-state index contributed by atoms with van der Waals surface area (Å²) in [5.41, 5.74) is 8.52. The molecule has 2 rings (SSSR count). The van der Waals surface area contributed by atoms with Crippen molar-refractivity contribution in [3.8, 4) is 0 Å². The molecule has 0 aliphatic heterocycles. The van der Waals surface area contributed by atoms with Gasteiger partial charge in [-0.15, -0.1) is 11.8 Å². The quantitative estimate of drug-likeness (QED) is 0.574. The second kappa shape index (κ2) is 9.17. The normalized spacial score (nSPS) is 9.96. The number of carbonyl (C=O) groups excluding carboxylic acids is 1. The molecule has 6 heteroatoms. The third-order valence-corrected chi connectivity index (χ3v) is 4.14. The molecule has 2 aromatic carbocycles. The highest BCUT2D eigenvalue weighted by Gasteiger charge is 2.03. The van der Waals surface area contributed by atoms with Crippen LogP contribution >= 0.6 is 24.0 Å². The zero-order chi connectivity index (χ0) is 16.5. The van der Waals surface area contributed by atoms with Gasteiger partial charge in [0.25, 0.3) is 0 Å². The molecule has 0 saturated carbocycles. The van der Waals surface area contributed by atoms with Crippen LogP contribution in [-0.4, -0.2) is 16.8 Å². The molecular weight excluding hydrogens is 326 g/mol. The molecule has 0 spiro atoms. The Labute approximate surface area is 146 Å². The van der Waals surface area contributed by atoms with Crippen LogP contribution in [0, 0.1) is 6.92 Å². The van der Waals surface area contributed by atoms with Crippen molar-refractivity contribution in [2.24, 2.45) is 0 Å². The number of amides is 1. The van der Waals surface area contributed by atoms with Crippen LogP contribution in [0.3, 0.4) is 0 Å². The van der Waals surface area contributed by atoms with E-state index in [4.69, 9.17) is 12.2 Å². The van der Waals surface area contributed by atoms with Gasteiger partial charge in [-0.05, 0) is 42.4 Å². The first-order valence-corrected chi connectivity index (χ1v) is 8.74. The van der Waals surface area contributed by atoms with Crippen LogP contribution in [0.5, 0.6) is 0 Å². The molecule has 1 amide bonds. The van der Waals surface area contributed by atoms with E-state index in [1.54, 1.807) is 11.8 Å². The fourth-order valence-electron chi connectivity index (χ4n) is 1.88. The highest BCUT2D eigenvalue weighted by molar-refractivity contribution is 7.99. The molecule has 0 aliphatic carbocycles. The van der Waals surface area contributed by atoms with Crippen LogP contribution < -0.4 is 16.2 Å². The van der Waals surface area contributed by atoms with Crippen LogP contribution in [0.1, 0.15) is 11.1 Å². The van der Waals surface area contributed by atoms with Gasteiger partial charge >= 0.3 is 0 Å². The standard InChI is InChI=1S/C17H19N3OS2/c1-13-6-5-9-15(10-13)18-17(22)20-19-16(21)12-23-11-14-7-3-2-4-8-14/h2-10H,11-12H2,1H3,(H,19,21)(H2,18,20,22). The summed E-state index contributed by atoms with van der Waals surface area (Å²) in [6.45, 7) is 2.01. The predicted molar refractivity (Wildman–Crippen MR) is 101 cm³/mol. The van der Waals surface area contributed by atoms with Gasteiger partial charge in [0.15, 0.2) is 5.11 Å². The maximum absolute atomic E-state index is 11.8. The monoisotopic (exact) mass is 345 g/mol. The van der Waals surface area contributed by atoms with Crippen LogP contribution in [0.25, 0.3) is 0 Å². The molecule has 0 aromatic heterocycles. The summed E-state index contributed by atoms with van der Waals surface area (Å²) in [6.07, 6.45) is 0. The Kier molecular flexibility index (Phi) is 6.90.